The molecule has 1 amide bonds. The predicted molar refractivity (Wildman–Crippen MR) is 66.8 cm³/mol. The van der Waals surface area contributed by atoms with Gasteiger partial charge in [-0.05, 0) is 32.7 Å². The van der Waals surface area contributed by atoms with Crippen LogP contribution in [0, 0.1) is 0 Å². The molecule has 2 aliphatic heterocycles. The summed E-state index contributed by atoms with van der Waals surface area (Å²) in [5.74, 6) is 0.284. The number of hydrogen-bond donors (Lipinski definition) is 1. The molecule has 1 N–H and O–H groups in total. The molecule has 0 bridgehead atoms. The summed E-state index contributed by atoms with van der Waals surface area (Å²) in [5.41, 5.74) is 0. The number of hydrogen-bond acceptors (Lipinski definition) is 3. The van der Waals surface area contributed by atoms with Crippen molar-refractivity contribution in [2.75, 3.05) is 19.7 Å². The summed E-state index contributed by atoms with van der Waals surface area (Å²) in [6, 6.07) is 0.311. The molecule has 0 spiro atoms. The number of ether oxygens (including phenoxy) is 1. The Balaban J connectivity index is 1.99. The van der Waals surface area contributed by atoms with Crippen LogP contribution in [-0.2, 0) is 9.53 Å². The van der Waals surface area contributed by atoms with Crippen molar-refractivity contribution in [1.29, 1.82) is 0 Å². The summed E-state index contributed by atoms with van der Waals surface area (Å²) < 4.78 is 5.63. The average Bonchev–Trinajstić information content (AvgIpc) is 2.39. The third kappa shape index (κ3) is 2.99. The normalized spacial score (nSPS) is 34.7. The van der Waals surface area contributed by atoms with Crippen LogP contribution in [0.15, 0.2) is 0 Å². The zero-order chi connectivity index (χ0) is 12.3. The van der Waals surface area contributed by atoms with Crippen molar-refractivity contribution < 1.29 is 9.53 Å². The highest BCUT2D eigenvalue weighted by molar-refractivity contribution is 5.82. The highest BCUT2D eigenvalue weighted by atomic mass is 16.5. The van der Waals surface area contributed by atoms with Gasteiger partial charge in [-0.3, -0.25) is 4.79 Å². The number of nitrogens with zero attached hydrogens (tertiary/aromatic N) is 1. The van der Waals surface area contributed by atoms with E-state index in [-0.39, 0.29) is 24.1 Å². The fraction of sp³-hybridized carbons (Fsp3) is 0.923. The summed E-state index contributed by atoms with van der Waals surface area (Å²) in [6.07, 6.45) is 4.50. The maximum absolute atomic E-state index is 12.5. The molecule has 0 aromatic carbocycles. The van der Waals surface area contributed by atoms with Crippen LogP contribution in [0.2, 0.25) is 0 Å². The minimum absolute atomic E-state index is 0.0445. The molecule has 0 aliphatic carbocycles. The van der Waals surface area contributed by atoms with Crippen LogP contribution >= 0.6 is 0 Å². The van der Waals surface area contributed by atoms with Gasteiger partial charge in [-0.2, -0.15) is 0 Å². The molecule has 2 fully saturated rings. The zero-order valence-corrected chi connectivity index (χ0v) is 10.9. The van der Waals surface area contributed by atoms with Crippen molar-refractivity contribution in [2.45, 2.75) is 57.7 Å². The second kappa shape index (κ2) is 5.83. The number of amides is 1. The van der Waals surface area contributed by atoms with E-state index >= 15 is 0 Å². The van der Waals surface area contributed by atoms with Gasteiger partial charge < -0.3 is 15.0 Å². The highest BCUT2D eigenvalue weighted by Gasteiger charge is 2.33. The lowest BCUT2D eigenvalue weighted by atomic mass is 10.0. The van der Waals surface area contributed by atoms with Crippen molar-refractivity contribution in [1.82, 2.24) is 10.2 Å². The average molecular weight is 240 g/mol. The number of nitrogens with one attached hydrogen (secondary N) is 1. The Kier molecular flexibility index (Phi) is 4.40. The summed E-state index contributed by atoms with van der Waals surface area (Å²) in [4.78, 5) is 14.5. The van der Waals surface area contributed by atoms with Crippen LogP contribution in [-0.4, -0.2) is 48.7 Å². The minimum Gasteiger partial charge on any atom is -0.375 e. The molecule has 17 heavy (non-hydrogen) atoms. The maximum atomic E-state index is 12.5. The smallest absolute Gasteiger partial charge is 0.240 e. The first-order valence-electron chi connectivity index (χ1n) is 6.87. The second-order valence-electron chi connectivity index (χ2n) is 5.20. The Hall–Kier alpha value is -0.610. The van der Waals surface area contributed by atoms with E-state index < -0.39 is 0 Å². The van der Waals surface area contributed by atoms with Gasteiger partial charge in [0.15, 0.2) is 0 Å². The molecule has 98 valence electrons. The van der Waals surface area contributed by atoms with Crippen molar-refractivity contribution in [2.24, 2.45) is 0 Å². The van der Waals surface area contributed by atoms with Gasteiger partial charge in [0.05, 0.1) is 24.8 Å². The lowest BCUT2D eigenvalue weighted by molar-refractivity contribution is -0.147. The number of piperidine rings is 1. The van der Waals surface area contributed by atoms with Crippen LogP contribution in [0.1, 0.15) is 39.5 Å². The molecule has 0 radical (unpaired) electrons. The molecule has 0 aromatic heterocycles. The molecule has 0 saturated carbocycles. The van der Waals surface area contributed by atoms with E-state index in [1.54, 1.807) is 0 Å². The van der Waals surface area contributed by atoms with Crippen LogP contribution in [0.3, 0.4) is 0 Å². The SMILES string of the molecule is CCC1COC(C)CN1C(=O)C1CCCCN1. The molecule has 2 rings (SSSR count). The van der Waals surface area contributed by atoms with Gasteiger partial charge in [-0.1, -0.05) is 13.3 Å². The number of morpholine rings is 1. The Morgan fingerprint density at radius 2 is 2.29 bits per heavy atom. The van der Waals surface area contributed by atoms with E-state index in [1.807, 2.05) is 11.8 Å². The minimum atomic E-state index is 0.0445. The third-order valence-electron chi connectivity index (χ3n) is 3.83. The van der Waals surface area contributed by atoms with Crippen LogP contribution in [0.25, 0.3) is 0 Å². The number of carbonyl (C=O) groups excluding carboxylic acids is 1. The summed E-state index contributed by atoms with van der Waals surface area (Å²) >= 11 is 0. The maximum Gasteiger partial charge on any atom is 0.240 e. The van der Waals surface area contributed by atoms with E-state index in [1.165, 1.54) is 12.8 Å². The molecule has 4 nitrogen and oxygen atoms in total. The quantitative estimate of drug-likeness (QED) is 0.787. The number of rotatable bonds is 2. The van der Waals surface area contributed by atoms with Crippen molar-refractivity contribution in [3.8, 4) is 0 Å². The van der Waals surface area contributed by atoms with Gasteiger partial charge in [0.25, 0.3) is 0 Å². The molecule has 3 atom stereocenters. The molecular formula is C13H24N2O2. The standard InChI is InChI=1S/C13H24N2O2/c1-3-11-9-17-10(2)8-15(11)13(16)12-6-4-5-7-14-12/h10-12,14H,3-9H2,1-2H3. The van der Waals surface area contributed by atoms with Gasteiger partial charge >= 0.3 is 0 Å². The molecule has 4 heteroatoms. The topological polar surface area (TPSA) is 41.6 Å². The fourth-order valence-corrected chi connectivity index (χ4v) is 2.72. The summed E-state index contributed by atoms with van der Waals surface area (Å²) in [6.45, 7) is 6.58. The third-order valence-corrected chi connectivity index (χ3v) is 3.83. The Bertz CT molecular complexity index is 264. The van der Waals surface area contributed by atoms with Crippen LogP contribution in [0.4, 0.5) is 0 Å². The first-order chi connectivity index (χ1) is 8.22. The molecular weight excluding hydrogens is 216 g/mol. The van der Waals surface area contributed by atoms with E-state index in [0.717, 1.165) is 25.9 Å². The first kappa shape index (κ1) is 12.8. The fourth-order valence-electron chi connectivity index (χ4n) is 2.72. The van der Waals surface area contributed by atoms with Crippen molar-refractivity contribution in [3.05, 3.63) is 0 Å². The van der Waals surface area contributed by atoms with Gasteiger partial charge in [-0.15, -0.1) is 0 Å². The monoisotopic (exact) mass is 240 g/mol. The molecule has 2 saturated heterocycles. The highest BCUT2D eigenvalue weighted by Crippen LogP contribution is 2.18. The lowest BCUT2D eigenvalue weighted by Gasteiger charge is -2.40. The van der Waals surface area contributed by atoms with E-state index in [0.29, 0.717) is 6.61 Å². The summed E-state index contributed by atoms with van der Waals surface area (Å²) in [7, 11) is 0. The van der Waals surface area contributed by atoms with Gasteiger partial charge in [0, 0.05) is 6.54 Å². The number of carbonyl (C=O) groups is 1. The lowest BCUT2D eigenvalue weighted by Crippen LogP contribution is -2.57. The van der Waals surface area contributed by atoms with Crippen LogP contribution in [0.5, 0.6) is 0 Å². The van der Waals surface area contributed by atoms with Crippen LogP contribution < -0.4 is 5.32 Å². The Morgan fingerprint density at radius 3 is 2.94 bits per heavy atom. The van der Waals surface area contributed by atoms with Crippen molar-refractivity contribution >= 4 is 5.91 Å². The van der Waals surface area contributed by atoms with E-state index in [9.17, 15) is 4.79 Å². The summed E-state index contributed by atoms with van der Waals surface area (Å²) in [5, 5.41) is 3.34. The first-order valence-corrected chi connectivity index (χ1v) is 6.87. The Morgan fingerprint density at radius 1 is 1.47 bits per heavy atom. The van der Waals surface area contributed by atoms with Crippen molar-refractivity contribution in [3.63, 3.8) is 0 Å². The van der Waals surface area contributed by atoms with E-state index in [4.69, 9.17) is 4.74 Å². The van der Waals surface area contributed by atoms with Gasteiger partial charge in [0.2, 0.25) is 5.91 Å². The predicted octanol–water partition coefficient (Wildman–Crippen LogP) is 1.15. The molecule has 3 unspecified atom stereocenters. The largest absolute Gasteiger partial charge is 0.375 e. The molecule has 2 heterocycles. The molecule has 0 aromatic rings. The van der Waals surface area contributed by atoms with E-state index in [2.05, 4.69) is 12.2 Å². The molecule has 2 aliphatic rings. The van der Waals surface area contributed by atoms with Gasteiger partial charge in [-0.25, -0.2) is 0 Å². The van der Waals surface area contributed by atoms with Gasteiger partial charge in [0.1, 0.15) is 0 Å². The zero-order valence-electron chi connectivity index (χ0n) is 10.9. The second-order valence-corrected chi connectivity index (χ2v) is 5.20. The Labute approximate surface area is 104 Å².